The Kier molecular flexibility index (Phi) is 8.30. The van der Waals surface area contributed by atoms with Crippen LogP contribution in [0.15, 0.2) is 12.7 Å². The summed E-state index contributed by atoms with van der Waals surface area (Å²) in [6.45, 7) is 6.77. The summed E-state index contributed by atoms with van der Waals surface area (Å²) in [4.78, 5) is 11.5. The minimum Gasteiger partial charge on any atom is -0.353 e. The maximum atomic E-state index is 11.5. The molecular weight excluding hydrogens is 224 g/mol. The van der Waals surface area contributed by atoms with Gasteiger partial charge in [-0.1, -0.05) is 6.08 Å². The highest BCUT2D eigenvalue weighted by molar-refractivity contribution is 5.85. The highest BCUT2D eigenvalue weighted by atomic mass is 35.5. The van der Waals surface area contributed by atoms with Crippen LogP contribution in [-0.2, 0) is 4.79 Å². The van der Waals surface area contributed by atoms with Gasteiger partial charge in [0.05, 0.1) is 0 Å². The van der Waals surface area contributed by atoms with Gasteiger partial charge in [0.15, 0.2) is 0 Å². The molecule has 0 radical (unpaired) electrons. The van der Waals surface area contributed by atoms with Crippen molar-refractivity contribution in [2.45, 2.75) is 51.1 Å². The van der Waals surface area contributed by atoms with Gasteiger partial charge in [-0.2, -0.15) is 0 Å². The third-order valence-electron chi connectivity index (χ3n) is 2.81. The lowest BCUT2D eigenvalue weighted by Gasteiger charge is -2.13. The van der Waals surface area contributed by atoms with Crippen molar-refractivity contribution in [1.82, 2.24) is 10.6 Å². The van der Waals surface area contributed by atoms with E-state index in [2.05, 4.69) is 17.2 Å². The van der Waals surface area contributed by atoms with Gasteiger partial charge in [0, 0.05) is 18.5 Å². The first-order valence-electron chi connectivity index (χ1n) is 5.86. The first kappa shape index (κ1) is 15.5. The molecule has 0 saturated carbocycles. The number of hydrogen-bond donors (Lipinski definition) is 2. The normalized spacial score (nSPS) is 20.9. The van der Waals surface area contributed by atoms with E-state index in [0.29, 0.717) is 12.5 Å². The lowest BCUT2D eigenvalue weighted by molar-refractivity contribution is -0.121. The molecule has 1 aliphatic heterocycles. The fourth-order valence-corrected chi connectivity index (χ4v) is 1.96. The number of halogens is 1. The molecule has 1 aliphatic rings. The Morgan fingerprint density at radius 1 is 1.69 bits per heavy atom. The van der Waals surface area contributed by atoms with Gasteiger partial charge in [0.25, 0.3) is 0 Å². The fourth-order valence-electron chi connectivity index (χ4n) is 1.96. The second-order valence-corrected chi connectivity index (χ2v) is 4.32. The molecule has 0 spiro atoms. The van der Waals surface area contributed by atoms with E-state index in [4.69, 9.17) is 0 Å². The molecule has 3 nitrogen and oxygen atoms in total. The van der Waals surface area contributed by atoms with E-state index < -0.39 is 0 Å². The average molecular weight is 247 g/mol. The summed E-state index contributed by atoms with van der Waals surface area (Å²) in [5, 5.41) is 6.36. The standard InChI is InChI=1S/C12H22N2O.ClH/c1-3-5-10(2)14-12(15)8-7-11-6-4-9-13-11;/h3,10-11,13H,1,4-9H2,2H3,(H,14,15);1H. The average Bonchev–Trinajstić information content (AvgIpc) is 2.67. The van der Waals surface area contributed by atoms with Crippen LogP contribution in [0, 0.1) is 0 Å². The lowest BCUT2D eigenvalue weighted by atomic mass is 10.1. The number of hydrogen-bond acceptors (Lipinski definition) is 2. The maximum Gasteiger partial charge on any atom is 0.220 e. The zero-order valence-corrected chi connectivity index (χ0v) is 10.8. The largest absolute Gasteiger partial charge is 0.353 e. The molecule has 1 fully saturated rings. The second kappa shape index (κ2) is 8.59. The summed E-state index contributed by atoms with van der Waals surface area (Å²) >= 11 is 0. The van der Waals surface area contributed by atoms with Crippen LogP contribution in [0.4, 0.5) is 0 Å². The van der Waals surface area contributed by atoms with Crippen LogP contribution in [0.25, 0.3) is 0 Å². The highest BCUT2D eigenvalue weighted by Crippen LogP contribution is 2.10. The molecule has 1 amide bonds. The highest BCUT2D eigenvalue weighted by Gasteiger charge is 2.15. The van der Waals surface area contributed by atoms with Crippen molar-refractivity contribution in [3.8, 4) is 0 Å². The van der Waals surface area contributed by atoms with Crippen molar-refractivity contribution in [1.29, 1.82) is 0 Å². The van der Waals surface area contributed by atoms with Crippen molar-refractivity contribution in [3.63, 3.8) is 0 Å². The molecule has 2 atom stereocenters. The van der Waals surface area contributed by atoms with Crippen molar-refractivity contribution in [2.24, 2.45) is 0 Å². The summed E-state index contributed by atoms with van der Waals surface area (Å²) in [5.41, 5.74) is 0. The van der Waals surface area contributed by atoms with E-state index in [1.807, 2.05) is 13.0 Å². The summed E-state index contributed by atoms with van der Waals surface area (Å²) in [5.74, 6) is 0.165. The second-order valence-electron chi connectivity index (χ2n) is 4.32. The quantitative estimate of drug-likeness (QED) is 0.704. The molecule has 0 aromatic heterocycles. The summed E-state index contributed by atoms with van der Waals surface area (Å²) in [6.07, 6.45) is 6.75. The Hall–Kier alpha value is -0.540. The Morgan fingerprint density at radius 3 is 3.00 bits per heavy atom. The molecule has 16 heavy (non-hydrogen) atoms. The first-order chi connectivity index (χ1) is 7.22. The van der Waals surface area contributed by atoms with Gasteiger partial charge in [-0.05, 0) is 39.2 Å². The zero-order valence-electron chi connectivity index (χ0n) is 10.00. The van der Waals surface area contributed by atoms with Crippen molar-refractivity contribution in [3.05, 3.63) is 12.7 Å². The number of nitrogens with one attached hydrogen (secondary N) is 2. The molecule has 2 N–H and O–H groups in total. The van der Waals surface area contributed by atoms with Crippen LogP contribution < -0.4 is 10.6 Å². The van der Waals surface area contributed by atoms with Gasteiger partial charge in [0.1, 0.15) is 0 Å². The minimum absolute atomic E-state index is 0. The molecule has 0 aromatic carbocycles. The predicted octanol–water partition coefficient (Wildman–Crippen LogP) is 2.02. The molecule has 1 saturated heterocycles. The van der Waals surface area contributed by atoms with Crippen molar-refractivity contribution >= 4 is 18.3 Å². The molecule has 94 valence electrons. The summed E-state index contributed by atoms with van der Waals surface area (Å²) in [7, 11) is 0. The van der Waals surface area contributed by atoms with Gasteiger partial charge in [-0.3, -0.25) is 4.79 Å². The van der Waals surface area contributed by atoms with E-state index in [1.165, 1.54) is 12.8 Å². The Balaban J connectivity index is 0.00000225. The van der Waals surface area contributed by atoms with Gasteiger partial charge in [0.2, 0.25) is 5.91 Å². The number of carbonyl (C=O) groups is 1. The maximum absolute atomic E-state index is 11.5. The minimum atomic E-state index is 0. The molecule has 1 heterocycles. The van der Waals surface area contributed by atoms with E-state index in [1.54, 1.807) is 0 Å². The van der Waals surface area contributed by atoms with Gasteiger partial charge in [-0.25, -0.2) is 0 Å². The fraction of sp³-hybridized carbons (Fsp3) is 0.750. The van der Waals surface area contributed by atoms with E-state index in [9.17, 15) is 4.79 Å². The third kappa shape index (κ3) is 6.13. The monoisotopic (exact) mass is 246 g/mol. The van der Waals surface area contributed by atoms with Crippen LogP contribution in [0.3, 0.4) is 0 Å². The van der Waals surface area contributed by atoms with Gasteiger partial charge >= 0.3 is 0 Å². The van der Waals surface area contributed by atoms with Crippen LogP contribution in [-0.4, -0.2) is 24.5 Å². The van der Waals surface area contributed by atoms with E-state index in [0.717, 1.165) is 19.4 Å². The Bertz CT molecular complexity index is 215. The van der Waals surface area contributed by atoms with Crippen LogP contribution >= 0.6 is 12.4 Å². The Morgan fingerprint density at radius 2 is 2.44 bits per heavy atom. The smallest absolute Gasteiger partial charge is 0.220 e. The zero-order chi connectivity index (χ0) is 11.1. The Labute approximate surface area is 104 Å². The number of amides is 1. The van der Waals surface area contributed by atoms with Gasteiger partial charge < -0.3 is 10.6 Å². The molecule has 0 aromatic rings. The third-order valence-corrected chi connectivity index (χ3v) is 2.81. The topological polar surface area (TPSA) is 41.1 Å². The van der Waals surface area contributed by atoms with Crippen molar-refractivity contribution < 1.29 is 4.79 Å². The predicted molar refractivity (Wildman–Crippen MR) is 69.9 cm³/mol. The summed E-state index contributed by atoms with van der Waals surface area (Å²) < 4.78 is 0. The van der Waals surface area contributed by atoms with E-state index >= 15 is 0 Å². The lowest BCUT2D eigenvalue weighted by Crippen LogP contribution is -2.33. The molecule has 0 aliphatic carbocycles. The van der Waals surface area contributed by atoms with Crippen molar-refractivity contribution in [2.75, 3.05) is 6.54 Å². The molecule has 0 bridgehead atoms. The number of carbonyl (C=O) groups excluding carboxylic acids is 1. The van der Waals surface area contributed by atoms with Gasteiger partial charge in [-0.15, -0.1) is 19.0 Å². The van der Waals surface area contributed by atoms with Crippen LogP contribution in [0.1, 0.15) is 39.0 Å². The summed E-state index contributed by atoms with van der Waals surface area (Å²) in [6, 6.07) is 0.775. The molecule has 2 unspecified atom stereocenters. The molecular formula is C12H23ClN2O. The first-order valence-corrected chi connectivity index (χ1v) is 5.86. The van der Waals surface area contributed by atoms with Crippen LogP contribution in [0.2, 0.25) is 0 Å². The van der Waals surface area contributed by atoms with E-state index in [-0.39, 0.29) is 24.4 Å². The van der Waals surface area contributed by atoms with Crippen LogP contribution in [0.5, 0.6) is 0 Å². The SMILES string of the molecule is C=CCC(C)NC(=O)CCC1CCCN1.Cl. The number of rotatable bonds is 6. The molecule has 1 rings (SSSR count). The molecule has 4 heteroatoms.